The third kappa shape index (κ3) is 76.4. The quantitative estimate of drug-likeness (QED) is 0.0169. The maximum absolute atomic E-state index is 13.1. The normalized spacial score (nSPS) is 14.8. The van der Waals surface area contributed by atoms with E-state index in [0.29, 0.717) is 38.5 Å². The Hall–Kier alpha value is -5.84. The Balaban J connectivity index is 5.48. The maximum atomic E-state index is 13.1. The third-order valence-electron chi connectivity index (χ3n) is 15.9. The van der Waals surface area contributed by atoms with Gasteiger partial charge in [0.25, 0.3) is 0 Å². The Morgan fingerprint density at radius 2 is 0.519 bits per heavy atom. The fourth-order valence-corrected chi connectivity index (χ4v) is 11.5. The van der Waals surface area contributed by atoms with Crippen LogP contribution in [0.25, 0.3) is 0 Å². The average molecular weight is 1520 g/mol. The lowest BCUT2D eigenvalue weighted by Crippen LogP contribution is -2.30. The highest BCUT2D eigenvalue weighted by molar-refractivity contribution is 7.47. The van der Waals surface area contributed by atoms with Crippen molar-refractivity contribution in [2.75, 3.05) is 39.6 Å². The minimum absolute atomic E-state index is 0.0252. The van der Waals surface area contributed by atoms with Crippen LogP contribution in [-0.2, 0) is 65.4 Å². The van der Waals surface area contributed by atoms with Crippen molar-refractivity contribution in [3.8, 4) is 0 Å². The van der Waals surface area contributed by atoms with Crippen LogP contribution < -0.4 is 0 Å². The van der Waals surface area contributed by atoms with Crippen molar-refractivity contribution >= 4 is 39.5 Å². The van der Waals surface area contributed by atoms with Gasteiger partial charge in [0.05, 0.1) is 26.4 Å². The predicted molar refractivity (Wildman–Crippen MR) is 436 cm³/mol. The van der Waals surface area contributed by atoms with E-state index in [2.05, 4.69) is 180 Å². The van der Waals surface area contributed by atoms with Crippen molar-refractivity contribution < 1.29 is 80.2 Å². The van der Waals surface area contributed by atoms with Gasteiger partial charge in [0, 0.05) is 25.7 Å². The number of hydrogen-bond donors (Lipinski definition) is 3. The number of phosphoric acid groups is 2. The smallest absolute Gasteiger partial charge is 0.462 e. The van der Waals surface area contributed by atoms with Crippen molar-refractivity contribution in [1.82, 2.24) is 0 Å². The van der Waals surface area contributed by atoms with Crippen LogP contribution in [0.4, 0.5) is 0 Å². The van der Waals surface area contributed by atoms with Gasteiger partial charge in [-0.15, -0.1) is 0 Å². The number of aliphatic hydroxyl groups excluding tert-OH is 1. The Labute approximate surface area is 641 Å². The van der Waals surface area contributed by atoms with E-state index in [1.54, 1.807) is 0 Å². The van der Waals surface area contributed by atoms with Gasteiger partial charge in [-0.25, -0.2) is 9.13 Å². The van der Waals surface area contributed by atoms with E-state index in [9.17, 15) is 43.2 Å². The molecule has 0 fully saturated rings. The van der Waals surface area contributed by atoms with E-state index in [0.717, 1.165) is 154 Å². The van der Waals surface area contributed by atoms with Crippen molar-refractivity contribution in [1.29, 1.82) is 0 Å². The number of esters is 4. The summed E-state index contributed by atoms with van der Waals surface area (Å²) in [4.78, 5) is 73.0. The molecule has 0 radical (unpaired) electrons. The summed E-state index contributed by atoms with van der Waals surface area (Å²) in [5, 5.41) is 10.6. The van der Waals surface area contributed by atoms with Crippen molar-refractivity contribution in [2.45, 2.75) is 303 Å². The molecule has 106 heavy (non-hydrogen) atoms. The monoisotopic (exact) mass is 1520 g/mol. The number of aliphatic hydroxyl groups is 1. The van der Waals surface area contributed by atoms with E-state index >= 15 is 0 Å². The molecule has 0 aliphatic heterocycles. The fourth-order valence-electron chi connectivity index (χ4n) is 9.92. The molecule has 0 spiro atoms. The summed E-state index contributed by atoms with van der Waals surface area (Å²) in [6, 6.07) is 0. The molecule has 5 unspecified atom stereocenters. The molecule has 0 saturated carbocycles. The maximum Gasteiger partial charge on any atom is 0.472 e. The molecule has 0 heterocycles. The molecule has 0 rings (SSSR count). The third-order valence-corrected chi connectivity index (χ3v) is 17.8. The van der Waals surface area contributed by atoms with Crippen molar-refractivity contribution in [2.24, 2.45) is 0 Å². The minimum atomic E-state index is -5.01. The van der Waals surface area contributed by atoms with E-state index in [4.69, 9.17) is 37.0 Å². The zero-order chi connectivity index (χ0) is 77.4. The molecule has 3 N–H and O–H groups in total. The SMILES string of the molecule is CC/C=C\C/C=C\C/C=C\C/C=C\C/C=C\C/C=C\CCC(=O)OCC(COP(=O)(O)OCC(O)COP(=O)(O)OCC(COC(=O)CCC/C=C\C/C=C\C/C=C\C/C=C\C/C=C\CC)OC(=O)CCCCCCCCCCCCC)OC(=O)CCCCCCCC/C=C\C/C=C\C/C=C\C/C=C\CC. The Morgan fingerprint density at radius 3 is 0.840 bits per heavy atom. The molecule has 19 heteroatoms. The van der Waals surface area contributed by atoms with E-state index in [-0.39, 0.29) is 25.7 Å². The number of unbranched alkanes of at least 4 members (excludes halogenated alkanes) is 17. The summed E-state index contributed by atoms with van der Waals surface area (Å²) in [5.41, 5.74) is 0. The van der Waals surface area contributed by atoms with Gasteiger partial charge in [0.15, 0.2) is 12.2 Å². The van der Waals surface area contributed by atoms with Gasteiger partial charge in [-0.3, -0.25) is 37.3 Å². The van der Waals surface area contributed by atoms with Crippen LogP contribution >= 0.6 is 15.6 Å². The van der Waals surface area contributed by atoms with E-state index < -0.39 is 97.5 Å². The highest BCUT2D eigenvalue weighted by atomic mass is 31.2. The molecular weight excluding hydrogens is 1380 g/mol. The second-order valence-electron chi connectivity index (χ2n) is 25.9. The van der Waals surface area contributed by atoms with Crippen molar-refractivity contribution in [3.63, 3.8) is 0 Å². The van der Waals surface area contributed by atoms with Gasteiger partial charge in [-0.05, 0) is 141 Å². The van der Waals surface area contributed by atoms with Crippen LogP contribution in [0.15, 0.2) is 182 Å². The molecule has 0 aliphatic rings. The molecule has 0 aromatic rings. The zero-order valence-corrected chi connectivity index (χ0v) is 67.3. The first-order chi connectivity index (χ1) is 51.7. The first-order valence-corrected chi connectivity index (χ1v) is 43.0. The second-order valence-corrected chi connectivity index (χ2v) is 28.8. The van der Waals surface area contributed by atoms with Crippen LogP contribution in [0.2, 0.25) is 0 Å². The highest BCUT2D eigenvalue weighted by Gasteiger charge is 2.30. The van der Waals surface area contributed by atoms with Gasteiger partial charge in [-0.1, -0.05) is 300 Å². The molecule has 600 valence electrons. The molecule has 17 nitrogen and oxygen atoms in total. The number of phosphoric ester groups is 2. The number of ether oxygens (including phenoxy) is 4. The highest BCUT2D eigenvalue weighted by Crippen LogP contribution is 2.45. The standard InChI is InChI=1S/C87H140O17P2/c1-5-9-13-17-21-25-29-32-35-38-40-43-46-49-53-56-60-64-68-72-85(90)98-78-83(104-87(92)74-70-66-62-58-54-50-47-44-41-39-36-33-30-26-22-18-14-10-6-2)80-102-106(95,96)100-76-81(88)75-99-105(93,94)101-79-82(103-86(91)73-69-65-61-57-51-28-24-20-16-12-8-4)77-97-84(89)71-67-63-59-55-52-48-45-42-37-34-31-27-23-19-15-11-7-3/h9-11,13-15,21-23,25-27,32-37,40-41,43-45,48-49,53,55,59-60,64,81-83,88H,5-8,12,16-20,24,28-31,38-39,42,46-47,50-52,54,56-58,61-63,65-80H2,1-4H3,(H,93,94)(H,95,96)/b13-9-,14-10-,15-11-,25-21-,26-22-,27-23-,35-32-,36-33-,37-34-,43-40-,44-41-,48-45-,53-49-,59-55-,64-60-. The number of carbonyl (C=O) groups excluding carboxylic acids is 4. The van der Waals surface area contributed by atoms with E-state index in [1.165, 1.54) is 38.5 Å². The Kier molecular flexibility index (Phi) is 73.1. The molecule has 0 aliphatic carbocycles. The lowest BCUT2D eigenvalue weighted by atomic mass is 10.1. The summed E-state index contributed by atoms with van der Waals surface area (Å²) in [7, 11) is -10.0. The molecule has 0 saturated heterocycles. The average Bonchev–Trinajstić information content (AvgIpc) is 0.901. The van der Waals surface area contributed by atoms with Gasteiger partial charge in [-0.2, -0.15) is 0 Å². The van der Waals surface area contributed by atoms with Crippen LogP contribution in [0.5, 0.6) is 0 Å². The molecule has 0 aromatic carbocycles. The van der Waals surface area contributed by atoms with Gasteiger partial charge >= 0.3 is 39.5 Å². The first kappa shape index (κ1) is 100. The minimum Gasteiger partial charge on any atom is -0.462 e. The van der Waals surface area contributed by atoms with Crippen molar-refractivity contribution in [3.05, 3.63) is 182 Å². The first-order valence-electron chi connectivity index (χ1n) is 40.0. The Bertz CT molecular complexity index is 2730. The zero-order valence-electron chi connectivity index (χ0n) is 65.5. The molecule has 0 bridgehead atoms. The lowest BCUT2D eigenvalue weighted by Gasteiger charge is -2.21. The number of allylic oxidation sites excluding steroid dienone is 30. The van der Waals surface area contributed by atoms with Crippen LogP contribution in [0.1, 0.15) is 285 Å². The largest absolute Gasteiger partial charge is 0.472 e. The summed E-state index contributed by atoms with van der Waals surface area (Å²) in [6.07, 6.45) is 93.3. The summed E-state index contributed by atoms with van der Waals surface area (Å²) in [6.45, 7) is 4.34. The van der Waals surface area contributed by atoms with E-state index in [1.807, 2.05) is 30.4 Å². The topological polar surface area (TPSA) is 237 Å². The van der Waals surface area contributed by atoms with Crippen LogP contribution in [-0.4, -0.2) is 96.7 Å². The fraction of sp³-hybridized carbons (Fsp3) is 0.609. The second kappa shape index (κ2) is 77.3. The molecule has 5 atom stereocenters. The lowest BCUT2D eigenvalue weighted by molar-refractivity contribution is -0.161. The molecular formula is C87H140O17P2. The Morgan fingerprint density at radius 1 is 0.274 bits per heavy atom. The summed E-state index contributed by atoms with van der Waals surface area (Å²) >= 11 is 0. The number of hydrogen-bond acceptors (Lipinski definition) is 15. The van der Waals surface area contributed by atoms with Crippen LogP contribution in [0, 0.1) is 0 Å². The van der Waals surface area contributed by atoms with Gasteiger partial charge < -0.3 is 33.8 Å². The number of carbonyl (C=O) groups is 4. The summed E-state index contributed by atoms with van der Waals surface area (Å²) in [5.74, 6) is -2.37. The molecule has 0 aromatic heterocycles. The summed E-state index contributed by atoms with van der Waals surface area (Å²) < 4.78 is 68.4. The van der Waals surface area contributed by atoms with Crippen LogP contribution in [0.3, 0.4) is 0 Å². The molecule has 0 amide bonds. The van der Waals surface area contributed by atoms with Gasteiger partial charge in [0.1, 0.15) is 19.3 Å². The van der Waals surface area contributed by atoms with Gasteiger partial charge in [0.2, 0.25) is 0 Å². The predicted octanol–water partition coefficient (Wildman–Crippen LogP) is 23.6. The number of rotatable bonds is 73.